The number of nitriles is 1. The Bertz CT molecular complexity index is 1060. The van der Waals surface area contributed by atoms with E-state index in [1.54, 1.807) is 36.4 Å². The molecule has 34 heavy (non-hydrogen) atoms. The van der Waals surface area contributed by atoms with Crippen LogP contribution in [0.2, 0.25) is 0 Å². The topological polar surface area (TPSA) is 118 Å². The lowest BCUT2D eigenvalue weighted by atomic mass is 10.1. The van der Waals surface area contributed by atoms with Crippen LogP contribution in [0.3, 0.4) is 0 Å². The van der Waals surface area contributed by atoms with Crippen molar-refractivity contribution in [3.8, 4) is 17.6 Å². The Balaban J connectivity index is 1.69. The van der Waals surface area contributed by atoms with Crippen molar-refractivity contribution in [2.24, 2.45) is 5.10 Å². The van der Waals surface area contributed by atoms with Gasteiger partial charge < -0.3 is 23.8 Å². The van der Waals surface area contributed by atoms with E-state index < -0.39 is 0 Å². The van der Waals surface area contributed by atoms with E-state index in [1.165, 1.54) is 0 Å². The Morgan fingerprint density at radius 1 is 1.29 bits per heavy atom. The second-order valence-corrected chi connectivity index (χ2v) is 7.48. The number of hydrazone groups is 1. The zero-order valence-corrected chi connectivity index (χ0v) is 19.7. The Labute approximate surface area is 199 Å². The van der Waals surface area contributed by atoms with E-state index in [0.717, 1.165) is 16.8 Å². The number of anilines is 1. The summed E-state index contributed by atoms with van der Waals surface area (Å²) in [7, 11) is 1.57. The number of pyridine rings is 1. The van der Waals surface area contributed by atoms with E-state index in [1.807, 2.05) is 19.9 Å². The van der Waals surface area contributed by atoms with E-state index in [4.69, 9.17) is 18.9 Å². The van der Waals surface area contributed by atoms with Gasteiger partial charge in [0.25, 0.3) is 5.91 Å². The molecule has 1 fully saturated rings. The molecule has 3 rings (SSSR count). The first-order valence-electron chi connectivity index (χ1n) is 11.0. The number of aromatic nitrogens is 1. The molecular formula is C24H29N5O5. The number of methoxy groups -OCH3 is 1. The van der Waals surface area contributed by atoms with Crippen molar-refractivity contribution in [3.05, 3.63) is 46.6 Å². The van der Waals surface area contributed by atoms with Gasteiger partial charge in [-0.2, -0.15) is 10.4 Å². The number of nitrogens with one attached hydrogen (secondary N) is 1. The molecule has 2 heterocycles. The highest BCUT2D eigenvalue weighted by atomic mass is 16.5. The molecule has 1 aromatic heterocycles. The maximum Gasteiger partial charge on any atom is 0.260 e. The Hall–Kier alpha value is -3.68. The van der Waals surface area contributed by atoms with Gasteiger partial charge in [-0.25, -0.2) is 4.98 Å². The van der Waals surface area contributed by atoms with E-state index >= 15 is 0 Å². The fourth-order valence-corrected chi connectivity index (χ4v) is 3.42. The molecular weight excluding hydrogens is 438 g/mol. The predicted molar refractivity (Wildman–Crippen MR) is 126 cm³/mol. The second-order valence-electron chi connectivity index (χ2n) is 7.48. The third-order valence-electron chi connectivity index (χ3n) is 5.01. The summed E-state index contributed by atoms with van der Waals surface area (Å²) in [5.41, 5.74) is 5.45. The number of hydrogen-bond acceptors (Lipinski definition) is 9. The van der Waals surface area contributed by atoms with Gasteiger partial charge in [0.1, 0.15) is 11.6 Å². The number of amides is 1. The summed E-state index contributed by atoms with van der Waals surface area (Å²) >= 11 is 0. The highest BCUT2D eigenvalue weighted by Gasteiger charge is 2.18. The van der Waals surface area contributed by atoms with Crippen LogP contribution in [-0.2, 0) is 20.9 Å². The van der Waals surface area contributed by atoms with E-state index in [-0.39, 0.29) is 12.5 Å². The number of carbonyl (C=O) groups is 1. The van der Waals surface area contributed by atoms with Gasteiger partial charge in [0.2, 0.25) is 0 Å². The molecule has 0 bridgehead atoms. The van der Waals surface area contributed by atoms with Crippen molar-refractivity contribution in [1.82, 2.24) is 9.88 Å². The monoisotopic (exact) mass is 467 g/mol. The van der Waals surface area contributed by atoms with Crippen molar-refractivity contribution < 1.29 is 23.7 Å². The molecule has 1 aliphatic heterocycles. The molecule has 0 atom stereocenters. The Morgan fingerprint density at radius 2 is 2.09 bits per heavy atom. The quantitative estimate of drug-likeness (QED) is 0.418. The maximum absolute atomic E-state index is 12.4. The van der Waals surface area contributed by atoms with Gasteiger partial charge in [0.05, 0.1) is 32.6 Å². The highest BCUT2D eigenvalue weighted by Crippen LogP contribution is 2.28. The number of rotatable bonds is 10. The number of morpholine rings is 1. The van der Waals surface area contributed by atoms with Crippen LogP contribution in [0.25, 0.3) is 0 Å². The lowest BCUT2D eigenvalue weighted by molar-refractivity contribution is -0.137. The number of nitrogens with zero attached hydrogens (tertiary/aromatic N) is 4. The lowest BCUT2D eigenvalue weighted by Gasteiger charge is -2.26. The third kappa shape index (κ3) is 6.66. The minimum Gasteiger partial charge on any atom is -0.490 e. The Kier molecular flexibility index (Phi) is 9.20. The van der Waals surface area contributed by atoms with Gasteiger partial charge in [0, 0.05) is 31.5 Å². The van der Waals surface area contributed by atoms with Crippen LogP contribution in [0.4, 0.5) is 5.82 Å². The molecule has 10 nitrogen and oxygen atoms in total. The molecule has 0 spiro atoms. The van der Waals surface area contributed by atoms with E-state index in [0.29, 0.717) is 62.4 Å². The fraction of sp³-hybridized carbons (Fsp3) is 0.417. The molecule has 0 saturated carbocycles. The molecule has 1 aliphatic rings. The summed E-state index contributed by atoms with van der Waals surface area (Å²) in [6, 6.07) is 9.27. The van der Waals surface area contributed by atoms with Crippen LogP contribution in [0.1, 0.15) is 29.3 Å². The molecule has 1 saturated heterocycles. The number of ether oxygens (including phenoxy) is 4. The number of benzene rings is 1. The summed E-state index contributed by atoms with van der Waals surface area (Å²) in [4.78, 5) is 18.5. The van der Waals surface area contributed by atoms with Gasteiger partial charge in [-0.05, 0) is 43.7 Å². The van der Waals surface area contributed by atoms with Gasteiger partial charge in [-0.3, -0.25) is 10.2 Å². The average molecular weight is 468 g/mol. The van der Waals surface area contributed by atoms with Crippen molar-refractivity contribution >= 4 is 17.9 Å². The Morgan fingerprint density at radius 3 is 2.79 bits per heavy atom. The molecule has 2 aromatic rings. The normalized spacial score (nSPS) is 13.5. The van der Waals surface area contributed by atoms with Crippen LogP contribution in [-0.4, -0.2) is 68.6 Å². The van der Waals surface area contributed by atoms with Crippen LogP contribution < -0.4 is 14.9 Å². The summed E-state index contributed by atoms with van der Waals surface area (Å²) in [6.45, 7) is 6.60. The van der Waals surface area contributed by atoms with Crippen molar-refractivity contribution in [2.45, 2.75) is 20.5 Å². The fourth-order valence-electron chi connectivity index (χ4n) is 3.42. The second kappa shape index (κ2) is 12.5. The van der Waals surface area contributed by atoms with Crippen LogP contribution >= 0.6 is 0 Å². The molecule has 1 N–H and O–H groups in total. The predicted octanol–water partition coefficient (Wildman–Crippen LogP) is 2.49. The molecule has 180 valence electrons. The summed E-state index contributed by atoms with van der Waals surface area (Å²) < 4.78 is 21.9. The first-order valence-corrected chi connectivity index (χ1v) is 11.0. The summed E-state index contributed by atoms with van der Waals surface area (Å²) in [6.07, 6.45) is 1.59. The zero-order valence-electron chi connectivity index (χ0n) is 19.7. The number of aryl methyl sites for hydroxylation is 1. The van der Waals surface area contributed by atoms with Crippen molar-refractivity contribution in [3.63, 3.8) is 0 Å². The first-order chi connectivity index (χ1) is 16.5. The van der Waals surface area contributed by atoms with Crippen LogP contribution in [0.15, 0.2) is 29.4 Å². The molecule has 1 aromatic carbocycles. The van der Waals surface area contributed by atoms with Gasteiger partial charge in [-0.15, -0.1) is 0 Å². The smallest absolute Gasteiger partial charge is 0.260 e. The number of carbonyl (C=O) groups excluding carboxylic acids is 1. The third-order valence-corrected chi connectivity index (χ3v) is 5.01. The molecule has 0 radical (unpaired) electrons. The highest BCUT2D eigenvalue weighted by molar-refractivity contribution is 5.82. The van der Waals surface area contributed by atoms with Crippen LogP contribution in [0.5, 0.6) is 11.5 Å². The lowest BCUT2D eigenvalue weighted by Crippen LogP contribution is -2.43. The SMILES string of the molecule is CCOc1cc(C=NNc2nc(C)cc(COC)c2C#N)ccc1OCC(=O)N1CCOCC1. The standard InChI is InChI=1S/C24H29N5O5/c1-4-33-22-12-18(5-6-21(22)34-16-23(30)29-7-9-32-10-8-29)14-26-28-24-20(13-25)19(15-31-3)11-17(2)27-24/h5-6,11-12,14H,4,7-10,15-16H2,1-3H3,(H,27,28). The number of hydrogen-bond donors (Lipinski definition) is 1. The molecule has 10 heteroatoms. The largest absolute Gasteiger partial charge is 0.490 e. The molecule has 0 unspecified atom stereocenters. The van der Waals surface area contributed by atoms with Gasteiger partial charge in [-0.1, -0.05) is 0 Å². The van der Waals surface area contributed by atoms with Crippen molar-refractivity contribution in [1.29, 1.82) is 5.26 Å². The van der Waals surface area contributed by atoms with Crippen molar-refractivity contribution in [2.75, 3.05) is 52.1 Å². The van der Waals surface area contributed by atoms with Crippen LogP contribution in [0, 0.1) is 18.3 Å². The van der Waals surface area contributed by atoms with Gasteiger partial charge in [0.15, 0.2) is 23.9 Å². The molecule has 1 amide bonds. The zero-order chi connectivity index (χ0) is 24.3. The minimum atomic E-state index is -0.0904. The summed E-state index contributed by atoms with van der Waals surface area (Å²) in [5, 5.41) is 13.8. The van der Waals surface area contributed by atoms with E-state index in [9.17, 15) is 10.1 Å². The summed E-state index contributed by atoms with van der Waals surface area (Å²) in [5.74, 6) is 1.25. The van der Waals surface area contributed by atoms with Gasteiger partial charge >= 0.3 is 0 Å². The minimum absolute atomic E-state index is 0.0746. The molecule has 0 aliphatic carbocycles. The average Bonchev–Trinajstić information content (AvgIpc) is 2.84. The maximum atomic E-state index is 12.4. The van der Waals surface area contributed by atoms with E-state index in [2.05, 4.69) is 21.6 Å². The first kappa shape index (κ1) is 25.0.